The lowest BCUT2D eigenvalue weighted by Gasteiger charge is -2.16. The molecule has 0 radical (unpaired) electrons. The number of aryl methyl sites for hydroxylation is 1. The molecule has 0 amide bonds. The molecule has 2 aromatic rings. The summed E-state index contributed by atoms with van der Waals surface area (Å²) in [6.45, 7) is 3.25. The first kappa shape index (κ1) is 14.6. The number of ether oxygens (including phenoxy) is 1. The van der Waals surface area contributed by atoms with Gasteiger partial charge in [0, 0.05) is 25.1 Å². The number of rotatable bonds is 7. The van der Waals surface area contributed by atoms with E-state index in [1.54, 1.807) is 13.4 Å². The summed E-state index contributed by atoms with van der Waals surface area (Å²) in [7, 11) is 1.62. The summed E-state index contributed by atoms with van der Waals surface area (Å²) in [5.41, 5.74) is 1.92. The summed E-state index contributed by atoms with van der Waals surface area (Å²) < 4.78 is 10.5. The van der Waals surface area contributed by atoms with Crippen molar-refractivity contribution in [2.45, 2.75) is 19.4 Å². The fourth-order valence-electron chi connectivity index (χ4n) is 2.13. The SMILES string of the molecule is COc1ccc(C)cc1C(O)CNCCc1ccco1. The molecule has 2 N–H and O–H groups in total. The molecule has 20 heavy (non-hydrogen) atoms. The minimum absolute atomic E-state index is 0.487. The fourth-order valence-corrected chi connectivity index (χ4v) is 2.13. The summed E-state index contributed by atoms with van der Waals surface area (Å²) >= 11 is 0. The number of methoxy groups -OCH3 is 1. The second-order valence-corrected chi connectivity index (χ2v) is 4.79. The van der Waals surface area contributed by atoms with E-state index >= 15 is 0 Å². The Balaban J connectivity index is 1.85. The first-order valence-corrected chi connectivity index (χ1v) is 6.76. The van der Waals surface area contributed by atoms with E-state index in [1.165, 1.54) is 0 Å². The fraction of sp³-hybridized carbons (Fsp3) is 0.375. The van der Waals surface area contributed by atoms with E-state index in [2.05, 4.69) is 5.32 Å². The molecule has 0 saturated heterocycles. The van der Waals surface area contributed by atoms with Crippen molar-refractivity contribution < 1.29 is 14.3 Å². The van der Waals surface area contributed by atoms with Crippen molar-refractivity contribution in [2.75, 3.05) is 20.2 Å². The monoisotopic (exact) mass is 275 g/mol. The number of furan rings is 1. The Morgan fingerprint density at radius 3 is 2.90 bits per heavy atom. The molecule has 0 fully saturated rings. The van der Waals surface area contributed by atoms with Gasteiger partial charge in [0.25, 0.3) is 0 Å². The van der Waals surface area contributed by atoms with Crippen molar-refractivity contribution in [3.8, 4) is 5.75 Å². The Kier molecular flexibility index (Phi) is 5.21. The zero-order chi connectivity index (χ0) is 14.4. The summed E-state index contributed by atoms with van der Waals surface area (Å²) in [4.78, 5) is 0. The van der Waals surface area contributed by atoms with E-state index in [1.807, 2.05) is 37.3 Å². The van der Waals surface area contributed by atoms with E-state index in [9.17, 15) is 5.11 Å². The van der Waals surface area contributed by atoms with Crippen LogP contribution in [0.25, 0.3) is 0 Å². The Labute approximate surface area is 119 Å². The van der Waals surface area contributed by atoms with Gasteiger partial charge in [-0.2, -0.15) is 0 Å². The molecule has 1 aromatic carbocycles. The van der Waals surface area contributed by atoms with Crippen molar-refractivity contribution >= 4 is 0 Å². The zero-order valence-corrected chi connectivity index (χ0v) is 11.9. The quantitative estimate of drug-likeness (QED) is 0.762. The van der Waals surface area contributed by atoms with Crippen molar-refractivity contribution in [3.05, 3.63) is 53.5 Å². The van der Waals surface area contributed by atoms with Gasteiger partial charge in [0.2, 0.25) is 0 Å². The molecule has 0 spiro atoms. The third kappa shape index (κ3) is 3.85. The van der Waals surface area contributed by atoms with E-state index in [-0.39, 0.29) is 0 Å². The molecule has 108 valence electrons. The topological polar surface area (TPSA) is 54.6 Å². The summed E-state index contributed by atoms with van der Waals surface area (Å²) in [5.74, 6) is 1.66. The molecule has 0 aliphatic rings. The standard InChI is InChI=1S/C16H21NO3/c1-12-5-6-16(19-2)14(10-12)15(18)11-17-8-7-13-4-3-9-20-13/h3-6,9-10,15,17-18H,7-8,11H2,1-2H3. The second-order valence-electron chi connectivity index (χ2n) is 4.79. The van der Waals surface area contributed by atoms with Gasteiger partial charge in [-0.15, -0.1) is 0 Å². The van der Waals surface area contributed by atoms with Gasteiger partial charge in [0.1, 0.15) is 11.5 Å². The van der Waals surface area contributed by atoms with Crippen LogP contribution in [-0.2, 0) is 6.42 Å². The predicted molar refractivity (Wildman–Crippen MR) is 78.0 cm³/mol. The molecule has 4 nitrogen and oxygen atoms in total. The largest absolute Gasteiger partial charge is 0.496 e. The summed E-state index contributed by atoms with van der Waals surface area (Å²) in [5, 5.41) is 13.5. The normalized spacial score (nSPS) is 12.3. The van der Waals surface area contributed by atoms with Gasteiger partial charge in [-0.25, -0.2) is 0 Å². The van der Waals surface area contributed by atoms with Crippen LogP contribution in [0.2, 0.25) is 0 Å². The van der Waals surface area contributed by atoms with Gasteiger partial charge in [-0.1, -0.05) is 11.6 Å². The molecule has 1 unspecified atom stereocenters. The molecule has 4 heteroatoms. The number of hydrogen-bond acceptors (Lipinski definition) is 4. The molecule has 2 rings (SSSR count). The molecular formula is C16H21NO3. The maximum Gasteiger partial charge on any atom is 0.124 e. The predicted octanol–water partition coefficient (Wildman–Crippen LogP) is 2.46. The van der Waals surface area contributed by atoms with Crippen LogP contribution in [-0.4, -0.2) is 25.3 Å². The van der Waals surface area contributed by atoms with Gasteiger partial charge < -0.3 is 19.6 Å². The molecule has 0 bridgehead atoms. The van der Waals surface area contributed by atoms with Crippen LogP contribution in [0.1, 0.15) is 23.0 Å². The maximum atomic E-state index is 10.2. The van der Waals surface area contributed by atoms with Gasteiger partial charge in [0.15, 0.2) is 0 Å². The second kappa shape index (κ2) is 7.12. The maximum absolute atomic E-state index is 10.2. The molecule has 0 aliphatic carbocycles. The van der Waals surface area contributed by atoms with Crippen LogP contribution in [0.3, 0.4) is 0 Å². The van der Waals surface area contributed by atoms with Crippen LogP contribution in [0.15, 0.2) is 41.0 Å². The number of hydrogen-bond donors (Lipinski definition) is 2. The lowest BCUT2D eigenvalue weighted by atomic mass is 10.1. The van der Waals surface area contributed by atoms with E-state index in [4.69, 9.17) is 9.15 Å². The van der Waals surface area contributed by atoms with Crippen molar-refractivity contribution in [1.82, 2.24) is 5.32 Å². The van der Waals surface area contributed by atoms with Crippen LogP contribution in [0.5, 0.6) is 5.75 Å². The Morgan fingerprint density at radius 2 is 2.20 bits per heavy atom. The van der Waals surface area contributed by atoms with Gasteiger partial charge in [0.05, 0.1) is 19.5 Å². The van der Waals surface area contributed by atoms with Crippen LogP contribution in [0, 0.1) is 6.92 Å². The van der Waals surface area contributed by atoms with Crippen molar-refractivity contribution in [1.29, 1.82) is 0 Å². The number of benzene rings is 1. The van der Waals surface area contributed by atoms with Crippen LogP contribution < -0.4 is 10.1 Å². The minimum Gasteiger partial charge on any atom is -0.496 e. The van der Waals surface area contributed by atoms with Crippen LogP contribution >= 0.6 is 0 Å². The highest BCUT2D eigenvalue weighted by atomic mass is 16.5. The highest BCUT2D eigenvalue weighted by Crippen LogP contribution is 2.25. The third-order valence-electron chi connectivity index (χ3n) is 3.21. The molecule has 1 heterocycles. The van der Waals surface area contributed by atoms with Gasteiger partial charge in [-0.05, 0) is 31.2 Å². The first-order chi connectivity index (χ1) is 9.70. The lowest BCUT2D eigenvalue weighted by Crippen LogP contribution is -2.24. The Morgan fingerprint density at radius 1 is 1.35 bits per heavy atom. The van der Waals surface area contributed by atoms with Crippen molar-refractivity contribution in [2.24, 2.45) is 0 Å². The van der Waals surface area contributed by atoms with Gasteiger partial charge >= 0.3 is 0 Å². The Hall–Kier alpha value is -1.78. The van der Waals surface area contributed by atoms with Crippen LogP contribution in [0.4, 0.5) is 0 Å². The third-order valence-corrected chi connectivity index (χ3v) is 3.21. The molecule has 0 saturated carbocycles. The highest BCUT2D eigenvalue weighted by molar-refractivity contribution is 5.38. The minimum atomic E-state index is -0.582. The number of aliphatic hydroxyl groups excluding tert-OH is 1. The molecular weight excluding hydrogens is 254 g/mol. The van der Waals surface area contributed by atoms with E-state index < -0.39 is 6.10 Å². The average molecular weight is 275 g/mol. The van der Waals surface area contributed by atoms with Crippen molar-refractivity contribution in [3.63, 3.8) is 0 Å². The smallest absolute Gasteiger partial charge is 0.124 e. The average Bonchev–Trinajstić information content (AvgIpc) is 2.96. The number of aliphatic hydroxyl groups is 1. The summed E-state index contributed by atoms with van der Waals surface area (Å²) in [6.07, 6.45) is 1.90. The van der Waals surface area contributed by atoms with E-state index in [0.717, 1.165) is 35.6 Å². The number of nitrogens with one attached hydrogen (secondary N) is 1. The summed E-state index contributed by atoms with van der Waals surface area (Å²) in [6, 6.07) is 9.64. The lowest BCUT2D eigenvalue weighted by molar-refractivity contribution is 0.170. The molecule has 1 aromatic heterocycles. The zero-order valence-electron chi connectivity index (χ0n) is 11.9. The van der Waals surface area contributed by atoms with Gasteiger partial charge in [-0.3, -0.25) is 0 Å². The van der Waals surface area contributed by atoms with E-state index in [0.29, 0.717) is 6.54 Å². The first-order valence-electron chi connectivity index (χ1n) is 6.76. The molecule has 1 atom stereocenters. The Bertz CT molecular complexity index is 523. The molecule has 0 aliphatic heterocycles. The highest BCUT2D eigenvalue weighted by Gasteiger charge is 2.13.